The van der Waals surface area contributed by atoms with Crippen LogP contribution < -0.4 is 0 Å². The first-order valence-electron chi connectivity index (χ1n) is 4.23. The van der Waals surface area contributed by atoms with Crippen LogP contribution in [0.4, 0.5) is 0 Å². The molecule has 1 unspecified atom stereocenters. The van der Waals surface area contributed by atoms with E-state index in [1.54, 1.807) is 0 Å². The third-order valence-corrected chi connectivity index (χ3v) is 1.88. The lowest BCUT2D eigenvalue weighted by Gasteiger charge is -2.00. The predicted octanol–water partition coefficient (Wildman–Crippen LogP) is 3.94. The molecule has 0 saturated carbocycles. The number of halogens is 1. The molecular formula is C9H18Br. The van der Waals surface area contributed by atoms with Gasteiger partial charge in [-0.05, 0) is 12.8 Å². The standard InChI is InChI=1S/C9H18Br/c1-3-4-5-6-7-8-9(2)10/h7,9H,3-6,8H2,1-2H3. The molecule has 0 spiro atoms. The van der Waals surface area contributed by atoms with Gasteiger partial charge >= 0.3 is 0 Å². The normalized spacial score (nSPS) is 13.5. The Morgan fingerprint density at radius 1 is 1.40 bits per heavy atom. The van der Waals surface area contributed by atoms with Gasteiger partial charge in [0.25, 0.3) is 0 Å². The average molecular weight is 206 g/mol. The van der Waals surface area contributed by atoms with Crippen molar-refractivity contribution in [2.75, 3.05) is 0 Å². The van der Waals surface area contributed by atoms with Crippen LogP contribution in [-0.2, 0) is 0 Å². The topological polar surface area (TPSA) is 0 Å². The molecule has 0 aromatic rings. The van der Waals surface area contributed by atoms with Crippen molar-refractivity contribution >= 4 is 15.9 Å². The van der Waals surface area contributed by atoms with Crippen LogP contribution in [0.3, 0.4) is 0 Å². The van der Waals surface area contributed by atoms with Crippen LogP contribution >= 0.6 is 15.9 Å². The molecule has 1 radical (unpaired) electrons. The molecule has 0 rings (SSSR count). The Morgan fingerprint density at radius 2 is 2.10 bits per heavy atom. The summed E-state index contributed by atoms with van der Waals surface area (Å²) < 4.78 is 0. The second kappa shape index (κ2) is 7.59. The second-order valence-electron chi connectivity index (χ2n) is 2.80. The summed E-state index contributed by atoms with van der Waals surface area (Å²) >= 11 is 3.51. The lowest BCUT2D eigenvalue weighted by atomic mass is 10.1. The lowest BCUT2D eigenvalue weighted by Crippen LogP contribution is -1.89. The van der Waals surface area contributed by atoms with Gasteiger partial charge < -0.3 is 0 Å². The summed E-state index contributed by atoms with van der Waals surface area (Å²) in [6, 6.07) is 0. The smallest absolute Gasteiger partial charge is 0.0120 e. The Balaban J connectivity index is 2.77. The fourth-order valence-electron chi connectivity index (χ4n) is 0.886. The molecule has 0 N–H and O–H groups in total. The van der Waals surface area contributed by atoms with Gasteiger partial charge in [-0.3, -0.25) is 0 Å². The molecule has 0 heterocycles. The zero-order valence-electron chi connectivity index (χ0n) is 7.07. The van der Waals surface area contributed by atoms with E-state index in [4.69, 9.17) is 0 Å². The fraction of sp³-hybridized carbons (Fsp3) is 0.889. The quantitative estimate of drug-likeness (QED) is 0.456. The maximum Gasteiger partial charge on any atom is 0.0120 e. The van der Waals surface area contributed by atoms with E-state index in [-0.39, 0.29) is 0 Å². The van der Waals surface area contributed by atoms with Crippen molar-refractivity contribution in [3.8, 4) is 0 Å². The van der Waals surface area contributed by atoms with Crippen LogP contribution in [0, 0.1) is 6.42 Å². The zero-order chi connectivity index (χ0) is 7.82. The summed E-state index contributed by atoms with van der Waals surface area (Å²) in [7, 11) is 0. The van der Waals surface area contributed by atoms with Crippen molar-refractivity contribution < 1.29 is 0 Å². The minimum atomic E-state index is 0.661. The van der Waals surface area contributed by atoms with Gasteiger partial charge in [0.05, 0.1) is 0 Å². The van der Waals surface area contributed by atoms with Gasteiger partial charge in [-0.25, -0.2) is 0 Å². The maximum absolute atomic E-state index is 3.51. The van der Waals surface area contributed by atoms with Crippen LogP contribution in [-0.4, -0.2) is 4.83 Å². The van der Waals surface area contributed by atoms with E-state index in [0.717, 1.165) is 0 Å². The molecule has 0 fully saturated rings. The summed E-state index contributed by atoms with van der Waals surface area (Å²) in [5.74, 6) is 0. The largest absolute Gasteiger partial charge is 0.0894 e. The fourth-order valence-corrected chi connectivity index (χ4v) is 1.15. The summed E-state index contributed by atoms with van der Waals surface area (Å²) in [5.41, 5.74) is 0. The van der Waals surface area contributed by atoms with E-state index in [0.29, 0.717) is 4.83 Å². The zero-order valence-corrected chi connectivity index (χ0v) is 8.65. The Hall–Kier alpha value is 0.480. The van der Waals surface area contributed by atoms with Gasteiger partial charge in [0.1, 0.15) is 0 Å². The summed E-state index contributed by atoms with van der Waals surface area (Å²) in [5, 5.41) is 0. The van der Waals surface area contributed by atoms with Crippen molar-refractivity contribution in [1.29, 1.82) is 0 Å². The first-order chi connectivity index (χ1) is 4.77. The van der Waals surface area contributed by atoms with E-state index < -0.39 is 0 Å². The van der Waals surface area contributed by atoms with Crippen molar-refractivity contribution in [3.63, 3.8) is 0 Å². The van der Waals surface area contributed by atoms with Crippen molar-refractivity contribution in [1.82, 2.24) is 0 Å². The molecule has 0 aromatic heterocycles. The molecule has 0 saturated heterocycles. The van der Waals surface area contributed by atoms with Gasteiger partial charge in [0.2, 0.25) is 0 Å². The van der Waals surface area contributed by atoms with Gasteiger partial charge in [0.15, 0.2) is 0 Å². The van der Waals surface area contributed by atoms with Crippen molar-refractivity contribution in [2.45, 2.75) is 50.8 Å². The number of unbranched alkanes of at least 4 members (excludes halogenated alkanes) is 4. The highest BCUT2D eigenvalue weighted by Crippen LogP contribution is 2.10. The number of hydrogen-bond donors (Lipinski definition) is 0. The van der Waals surface area contributed by atoms with Gasteiger partial charge in [0, 0.05) is 4.83 Å². The molecule has 0 bridgehead atoms. The lowest BCUT2D eigenvalue weighted by molar-refractivity contribution is 0.691. The Morgan fingerprint density at radius 3 is 2.60 bits per heavy atom. The molecule has 0 amide bonds. The van der Waals surface area contributed by atoms with Crippen molar-refractivity contribution in [2.24, 2.45) is 0 Å². The Bertz CT molecular complexity index is 59.7. The number of hydrogen-bond acceptors (Lipinski definition) is 0. The highest BCUT2D eigenvalue weighted by Gasteiger charge is 1.94. The minimum Gasteiger partial charge on any atom is -0.0894 e. The van der Waals surface area contributed by atoms with E-state index in [1.165, 1.54) is 32.1 Å². The molecule has 61 valence electrons. The van der Waals surface area contributed by atoms with Crippen LogP contribution in [0.25, 0.3) is 0 Å². The Kier molecular flexibility index (Phi) is 7.95. The third kappa shape index (κ3) is 8.48. The van der Waals surface area contributed by atoms with Crippen LogP contribution in [0.1, 0.15) is 46.0 Å². The maximum atomic E-state index is 3.51. The molecule has 10 heavy (non-hydrogen) atoms. The number of rotatable bonds is 6. The molecule has 0 aliphatic carbocycles. The summed E-state index contributed by atoms with van der Waals surface area (Å²) in [6.07, 6.45) is 8.98. The molecule has 0 aliphatic heterocycles. The molecular weight excluding hydrogens is 188 g/mol. The molecule has 0 nitrogen and oxygen atoms in total. The van der Waals surface area contributed by atoms with Gasteiger partial charge in [-0.1, -0.05) is 55.5 Å². The first-order valence-corrected chi connectivity index (χ1v) is 5.14. The molecule has 0 aliphatic rings. The Labute approximate surface area is 73.5 Å². The highest BCUT2D eigenvalue weighted by molar-refractivity contribution is 9.09. The number of alkyl halides is 1. The van der Waals surface area contributed by atoms with Crippen LogP contribution in [0.2, 0.25) is 0 Å². The molecule has 0 aromatic carbocycles. The van der Waals surface area contributed by atoms with E-state index in [2.05, 4.69) is 36.2 Å². The summed E-state index contributed by atoms with van der Waals surface area (Å²) in [6.45, 7) is 4.43. The predicted molar refractivity (Wildman–Crippen MR) is 51.4 cm³/mol. The SMILES string of the molecule is CCCCC[CH]CC(C)Br. The first kappa shape index (κ1) is 10.5. The minimum absolute atomic E-state index is 0.661. The van der Waals surface area contributed by atoms with Crippen molar-refractivity contribution in [3.05, 3.63) is 6.42 Å². The third-order valence-electron chi connectivity index (χ3n) is 1.50. The highest BCUT2D eigenvalue weighted by atomic mass is 79.9. The van der Waals surface area contributed by atoms with E-state index in [9.17, 15) is 0 Å². The second-order valence-corrected chi connectivity index (χ2v) is 4.36. The van der Waals surface area contributed by atoms with Gasteiger partial charge in [-0.15, -0.1) is 0 Å². The van der Waals surface area contributed by atoms with E-state index in [1.807, 2.05) is 0 Å². The van der Waals surface area contributed by atoms with Crippen LogP contribution in [0.5, 0.6) is 0 Å². The molecule has 1 atom stereocenters. The average Bonchev–Trinajstić information content (AvgIpc) is 1.87. The molecule has 1 heteroatoms. The van der Waals surface area contributed by atoms with Crippen LogP contribution in [0.15, 0.2) is 0 Å². The summed E-state index contributed by atoms with van der Waals surface area (Å²) in [4.78, 5) is 0.661. The van der Waals surface area contributed by atoms with E-state index >= 15 is 0 Å². The van der Waals surface area contributed by atoms with Gasteiger partial charge in [-0.2, -0.15) is 0 Å². The monoisotopic (exact) mass is 205 g/mol.